The zero-order chi connectivity index (χ0) is 12.0. The Balaban J connectivity index is 2.55. The van der Waals surface area contributed by atoms with E-state index < -0.39 is 11.0 Å². The van der Waals surface area contributed by atoms with Crippen LogP contribution in [0, 0.1) is 10.1 Å². The fraction of sp³-hybridized carbons (Fsp3) is 0.222. The van der Waals surface area contributed by atoms with Crippen LogP contribution in [0.15, 0.2) is 24.3 Å². The van der Waals surface area contributed by atoms with E-state index in [-0.39, 0.29) is 11.4 Å². The summed E-state index contributed by atoms with van der Waals surface area (Å²) in [5, 5.41) is 10.3. The van der Waals surface area contributed by atoms with Crippen LogP contribution >= 0.6 is 0 Å². The minimum atomic E-state index is -0.782. The summed E-state index contributed by atoms with van der Waals surface area (Å²) in [6, 6.07) is 5.12. The smallest absolute Gasteiger partial charge is 0.409 e. The van der Waals surface area contributed by atoms with E-state index >= 15 is 0 Å². The number of non-ortho nitro benzene ring substituents is 1. The minimum absolute atomic E-state index is 0.0717. The Morgan fingerprint density at radius 3 is 2.56 bits per heavy atom. The van der Waals surface area contributed by atoms with Crippen molar-refractivity contribution in [1.82, 2.24) is 5.48 Å². The average Bonchev–Trinajstić information content (AvgIpc) is 2.27. The molecule has 86 valence electrons. The molecule has 0 aromatic heterocycles. The minimum Gasteiger partial charge on any atom is -0.409 e. The van der Waals surface area contributed by atoms with Crippen molar-refractivity contribution in [2.45, 2.75) is 6.92 Å². The number of hydrogen-bond donors (Lipinski definition) is 1. The number of carbonyl (C=O) groups is 1. The lowest BCUT2D eigenvalue weighted by Gasteiger charge is -2.04. The van der Waals surface area contributed by atoms with Crippen LogP contribution < -0.4 is 10.2 Å². The number of nitro groups is 1. The molecular formula is C9H10N2O5. The van der Waals surface area contributed by atoms with Crippen molar-refractivity contribution in [3.8, 4) is 5.75 Å². The molecule has 0 spiro atoms. The number of hydrogen-bond acceptors (Lipinski definition) is 5. The molecule has 1 amide bonds. The van der Waals surface area contributed by atoms with E-state index in [0.29, 0.717) is 6.61 Å². The van der Waals surface area contributed by atoms with E-state index in [1.165, 1.54) is 24.3 Å². The van der Waals surface area contributed by atoms with Gasteiger partial charge in [0.05, 0.1) is 11.5 Å². The molecular weight excluding hydrogens is 216 g/mol. The molecule has 0 aliphatic carbocycles. The molecule has 1 rings (SSSR count). The first-order valence-corrected chi connectivity index (χ1v) is 4.47. The maximum atomic E-state index is 11.0. The van der Waals surface area contributed by atoms with E-state index in [0.717, 1.165) is 0 Å². The summed E-state index contributed by atoms with van der Waals surface area (Å²) in [4.78, 5) is 25.4. The van der Waals surface area contributed by atoms with Gasteiger partial charge in [0.2, 0.25) is 0 Å². The maximum Gasteiger partial charge on any atom is 0.436 e. The standard InChI is InChI=1S/C9H10N2O5/c1-2-15-10-9(12)16-8-5-3-7(4-6-8)11(13)14/h3-6H,2H2,1H3,(H,10,12). The van der Waals surface area contributed by atoms with Crippen LogP contribution in [-0.2, 0) is 4.84 Å². The Bertz CT molecular complexity index is 376. The molecule has 16 heavy (non-hydrogen) atoms. The molecule has 0 fully saturated rings. The van der Waals surface area contributed by atoms with Gasteiger partial charge in [-0.3, -0.25) is 15.0 Å². The van der Waals surface area contributed by atoms with Crippen molar-refractivity contribution >= 4 is 11.8 Å². The number of amides is 1. The number of carbonyl (C=O) groups excluding carboxylic acids is 1. The van der Waals surface area contributed by atoms with Crippen LogP contribution in [0.1, 0.15) is 6.92 Å². The zero-order valence-electron chi connectivity index (χ0n) is 8.50. The normalized spacial score (nSPS) is 9.56. The highest BCUT2D eigenvalue weighted by atomic mass is 16.7. The van der Waals surface area contributed by atoms with Gasteiger partial charge in [0.15, 0.2) is 0 Å². The Hall–Kier alpha value is -2.15. The number of nitrogens with one attached hydrogen (secondary N) is 1. The first-order chi connectivity index (χ1) is 7.63. The summed E-state index contributed by atoms with van der Waals surface area (Å²) in [7, 11) is 0. The van der Waals surface area contributed by atoms with Crippen LogP contribution in [0.2, 0.25) is 0 Å². The van der Waals surface area contributed by atoms with Gasteiger partial charge in [-0.2, -0.15) is 5.48 Å². The van der Waals surface area contributed by atoms with Crippen LogP contribution in [0.3, 0.4) is 0 Å². The number of ether oxygens (including phenoxy) is 1. The Kier molecular flexibility index (Phi) is 4.22. The largest absolute Gasteiger partial charge is 0.436 e. The van der Waals surface area contributed by atoms with E-state index in [2.05, 4.69) is 4.84 Å². The summed E-state index contributed by atoms with van der Waals surface area (Å²) in [6.45, 7) is 2.02. The topological polar surface area (TPSA) is 90.7 Å². The predicted molar refractivity (Wildman–Crippen MR) is 53.9 cm³/mol. The van der Waals surface area contributed by atoms with E-state index in [1.54, 1.807) is 6.92 Å². The molecule has 0 heterocycles. The Morgan fingerprint density at radius 2 is 2.06 bits per heavy atom. The lowest BCUT2D eigenvalue weighted by molar-refractivity contribution is -0.384. The molecule has 0 atom stereocenters. The Morgan fingerprint density at radius 1 is 1.44 bits per heavy atom. The van der Waals surface area contributed by atoms with Crippen LogP contribution in [0.25, 0.3) is 0 Å². The van der Waals surface area contributed by atoms with E-state index in [9.17, 15) is 14.9 Å². The molecule has 0 saturated carbocycles. The highest BCUT2D eigenvalue weighted by Crippen LogP contribution is 2.17. The number of nitro benzene ring substituents is 1. The lowest BCUT2D eigenvalue weighted by Crippen LogP contribution is -2.26. The van der Waals surface area contributed by atoms with E-state index in [1.807, 2.05) is 5.48 Å². The second-order valence-electron chi connectivity index (χ2n) is 2.68. The van der Waals surface area contributed by atoms with Gasteiger partial charge in [-0.1, -0.05) is 0 Å². The van der Waals surface area contributed by atoms with Crippen molar-refractivity contribution in [3.05, 3.63) is 34.4 Å². The van der Waals surface area contributed by atoms with Gasteiger partial charge in [0.25, 0.3) is 5.69 Å². The summed E-state index contributed by atoms with van der Waals surface area (Å²) >= 11 is 0. The van der Waals surface area contributed by atoms with Gasteiger partial charge in [-0.25, -0.2) is 4.79 Å². The van der Waals surface area contributed by atoms with Crippen molar-refractivity contribution in [2.75, 3.05) is 6.61 Å². The Labute approximate surface area is 91.1 Å². The van der Waals surface area contributed by atoms with E-state index in [4.69, 9.17) is 4.74 Å². The fourth-order valence-corrected chi connectivity index (χ4v) is 0.895. The first kappa shape index (κ1) is 11.9. The second-order valence-corrected chi connectivity index (χ2v) is 2.68. The molecule has 1 N–H and O–H groups in total. The molecule has 0 aliphatic rings. The number of hydroxylamine groups is 1. The fourth-order valence-electron chi connectivity index (χ4n) is 0.895. The second kappa shape index (κ2) is 5.66. The van der Waals surface area contributed by atoms with Crippen LogP contribution in [0.5, 0.6) is 5.75 Å². The monoisotopic (exact) mass is 226 g/mol. The molecule has 7 heteroatoms. The number of rotatable bonds is 4. The molecule has 0 aliphatic heterocycles. The number of nitrogens with zero attached hydrogens (tertiary/aromatic N) is 1. The van der Waals surface area contributed by atoms with Crippen LogP contribution in [0.4, 0.5) is 10.5 Å². The quantitative estimate of drug-likeness (QED) is 0.622. The third kappa shape index (κ3) is 3.54. The van der Waals surface area contributed by atoms with Crippen molar-refractivity contribution in [2.24, 2.45) is 0 Å². The molecule has 0 saturated heterocycles. The molecule has 0 unspecified atom stereocenters. The molecule has 0 bridgehead atoms. The third-order valence-electron chi connectivity index (χ3n) is 1.56. The van der Waals surface area contributed by atoms with Gasteiger partial charge in [-0.05, 0) is 19.1 Å². The van der Waals surface area contributed by atoms with Crippen LogP contribution in [-0.4, -0.2) is 17.6 Å². The van der Waals surface area contributed by atoms with Gasteiger partial charge in [-0.15, -0.1) is 0 Å². The lowest BCUT2D eigenvalue weighted by atomic mass is 10.3. The highest BCUT2D eigenvalue weighted by Gasteiger charge is 2.07. The summed E-state index contributed by atoms with van der Waals surface area (Å²) < 4.78 is 4.75. The first-order valence-electron chi connectivity index (χ1n) is 4.47. The maximum absolute atomic E-state index is 11.0. The SMILES string of the molecule is CCONC(=O)Oc1ccc([N+](=O)[O-])cc1. The number of benzene rings is 1. The van der Waals surface area contributed by atoms with Gasteiger partial charge in [0.1, 0.15) is 5.75 Å². The van der Waals surface area contributed by atoms with Crippen molar-refractivity contribution < 1.29 is 19.3 Å². The van der Waals surface area contributed by atoms with Gasteiger partial charge >= 0.3 is 6.09 Å². The molecule has 1 aromatic rings. The van der Waals surface area contributed by atoms with Crippen molar-refractivity contribution in [1.29, 1.82) is 0 Å². The molecule has 0 radical (unpaired) electrons. The van der Waals surface area contributed by atoms with Gasteiger partial charge < -0.3 is 4.74 Å². The third-order valence-corrected chi connectivity index (χ3v) is 1.56. The van der Waals surface area contributed by atoms with Crippen molar-refractivity contribution in [3.63, 3.8) is 0 Å². The average molecular weight is 226 g/mol. The van der Waals surface area contributed by atoms with Gasteiger partial charge in [0, 0.05) is 12.1 Å². The zero-order valence-corrected chi connectivity index (χ0v) is 8.50. The highest BCUT2D eigenvalue weighted by molar-refractivity contribution is 5.69. The molecule has 7 nitrogen and oxygen atoms in total. The summed E-state index contributed by atoms with van der Waals surface area (Å²) in [6.07, 6.45) is -0.782. The summed E-state index contributed by atoms with van der Waals surface area (Å²) in [5.41, 5.74) is 1.95. The summed E-state index contributed by atoms with van der Waals surface area (Å²) in [5.74, 6) is 0.197. The molecule has 1 aromatic carbocycles. The predicted octanol–water partition coefficient (Wildman–Crippen LogP) is 1.63.